The van der Waals surface area contributed by atoms with E-state index in [0.29, 0.717) is 5.69 Å². The number of pyridine rings is 1. The Balaban J connectivity index is 1.93. The number of piperidine rings is 1. The summed E-state index contributed by atoms with van der Waals surface area (Å²) in [5.74, 6) is 0.665. The number of unbranched alkanes of at least 4 members (excludes halogenated alkanes) is 1. The molecule has 110 valence electrons. The average Bonchev–Trinajstić information content (AvgIpc) is 2.47. The molecule has 1 N–H and O–H groups in total. The van der Waals surface area contributed by atoms with E-state index in [0.717, 1.165) is 44.1 Å². The number of rotatable bonds is 5. The number of nitrogens with one attached hydrogen (secondary N) is 1. The van der Waals surface area contributed by atoms with Gasteiger partial charge in [-0.2, -0.15) is 0 Å². The molecule has 20 heavy (non-hydrogen) atoms. The van der Waals surface area contributed by atoms with Gasteiger partial charge in [0.05, 0.1) is 11.9 Å². The Morgan fingerprint density at radius 2 is 2.35 bits per heavy atom. The smallest absolute Gasteiger partial charge is 0.269 e. The second-order valence-electron chi connectivity index (χ2n) is 5.70. The molecule has 1 amide bonds. The summed E-state index contributed by atoms with van der Waals surface area (Å²) < 4.78 is 0. The van der Waals surface area contributed by atoms with E-state index in [1.807, 2.05) is 18.3 Å². The van der Waals surface area contributed by atoms with Crippen molar-refractivity contribution in [1.82, 2.24) is 10.3 Å². The molecule has 4 nitrogen and oxygen atoms in total. The third kappa shape index (κ3) is 3.95. The highest BCUT2D eigenvalue weighted by atomic mass is 16.1. The zero-order chi connectivity index (χ0) is 14.4. The summed E-state index contributed by atoms with van der Waals surface area (Å²) in [6.07, 6.45) is 6.46. The van der Waals surface area contributed by atoms with Crippen molar-refractivity contribution in [2.24, 2.45) is 5.92 Å². The minimum atomic E-state index is -0.0722. The summed E-state index contributed by atoms with van der Waals surface area (Å²) in [6, 6.07) is 3.84. The van der Waals surface area contributed by atoms with Crippen LogP contribution in [0.2, 0.25) is 0 Å². The predicted molar refractivity (Wildman–Crippen MR) is 82.1 cm³/mol. The highest BCUT2D eigenvalue weighted by Gasteiger charge is 2.17. The second kappa shape index (κ2) is 7.27. The molecule has 2 rings (SSSR count). The maximum atomic E-state index is 11.9. The van der Waals surface area contributed by atoms with Crippen molar-refractivity contribution in [3.63, 3.8) is 0 Å². The monoisotopic (exact) mass is 275 g/mol. The maximum absolute atomic E-state index is 11.9. The largest absolute Gasteiger partial charge is 0.370 e. The summed E-state index contributed by atoms with van der Waals surface area (Å²) in [5.41, 5.74) is 1.64. The van der Waals surface area contributed by atoms with Crippen molar-refractivity contribution < 1.29 is 4.79 Å². The number of anilines is 1. The molecule has 1 fully saturated rings. The topological polar surface area (TPSA) is 45.2 Å². The molecule has 1 aliphatic rings. The van der Waals surface area contributed by atoms with Gasteiger partial charge in [-0.25, -0.2) is 4.98 Å². The molecule has 1 unspecified atom stereocenters. The first-order valence-corrected chi connectivity index (χ1v) is 7.70. The molecule has 0 radical (unpaired) electrons. The molecule has 1 aromatic heterocycles. The molecule has 1 saturated heterocycles. The van der Waals surface area contributed by atoms with Crippen LogP contribution in [0.15, 0.2) is 18.3 Å². The lowest BCUT2D eigenvalue weighted by Gasteiger charge is -2.32. The number of carbonyl (C=O) groups excluding carboxylic acids is 1. The molecule has 1 aliphatic heterocycles. The Morgan fingerprint density at radius 3 is 3.00 bits per heavy atom. The fourth-order valence-electron chi connectivity index (χ4n) is 2.60. The van der Waals surface area contributed by atoms with Crippen molar-refractivity contribution in [2.75, 3.05) is 24.5 Å². The van der Waals surface area contributed by atoms with Gasteiger partial charge >= 0.3 is 0 Å². The lowest BCUT2D eigenvalue weighted by Crippen LogP contribution is -2.34. The molecule has 2 heterocycles. The van der Waals surface area contributed by atoms with Crippen molar-refractivity contribution in [1.29, 1.82) is 0 Å². The number of hydrogen-bond donors (Lipinski definition) is 1. The van der Waals surface area contributed by atoms with E-state index in [2.05, 4.69) is 29.0 Å². The Kier molecular flexibility index (Phi) is 5.39. The van der Waals surface area contributed by atoms with Crippen LogP contribution >= 0.6 is 0 Å². The van der Waals surface area contributed by atoms with Gasteiger partial charge in [0.25, 0.3) is 5.91 Å². The molecular formula is C16H25N3O. The lowest BCUT2D eigenvalue weighted by molar-refractivity contribution is 0.0948. The van der Waals surface area contributed by atoms with Crippen LogP contribution in [0.5, 0.6) is 0 Å². The van der Waals surface area contributed by atoms with Crippen LogP contribution in [0.1, 0.15) is 50.0 Å². The van der Waals surface area contributed by atoms with Crippen LogP contribution in [0, 0.1) is 5.92 Å². The normalized spacial score (nSPS) is 18.9. The van der Waals surface area contributed by atoms with Crippen LogP contribution < -0.4 is 10.2 Å². The number of amides is 1. The van der Waals surface area contributed by atoms with Gasteiger partial charge in [0.15, 0.2) is 0 Å². The van der Waals surface area contributed by atoms with Gasteiger partial charge in [0, 0.05) is 19.6 Å². The van der Waals surface area contributed by atoms with Crippen LogP contribution in [0.4, 0.5) is 5.69 Å². The Labute approximate surface area is 121 Å². The highest BCUT2D eigenvalue weighted by molar-refractivity contribution is 5.92. The van der Waals surface area contributed by atoms with Gasteiger partial charge in [0.1, 0.15) is 5.69 Å². The van der Waals surface area contributed by atoms with Gasteiger partial charge in [-0.1, -0.05) is 20.3 Å². The van der Waals surface area contributed by atoms with Gasteiger partial charge < -0.3 is 10.2 Å². The minimum absolute atomic E-state index is 0.0722. The molecule has 1 aromatic rings. The van der Waals surface area contributed by atoms with E-state index < -0.39 is 0 Å². The molecule has 0 saturated carbocycles. The van der Waals surface area contributed by atoms with Gasteiger partial charge in [-0.3, -0.25) is 4.79 Å². The summed E-state index contributed by atoms with van der Waals surface area (Å²) in [4.78, 5) is 18.5. The number of hydrogen-bond acceptors (Lipinski definition) is 3. The molecule has 0 aromatic carbocycles. The summed E-state index contributed by atoms with van der Waals surface area (Å²) in [7, 11) is 0. The average molecular weight is 275 g/mol. The van der Waals surface area contributed by atoms with Crippen LogP contribution in [0.25, 0.3) is 0 Å². The van der Waals surface area contributed by atoms with Crippen molar-refractivity contribution in [3.05, 3.63) is 24.0 Å². The summed E-state index contributed by atoms with van der Waals surface area (Å²) >= 11 is 0. The minimum Gasteiger partial charge on any atom is -0.370 e. The standard InChI is InChI=1S/C16H25N3O/c1-3-4-9-17-16(20)15-8-7-14(11-18-15)19-10-5-6-13(2)12-19/h7-8,11,13H,3-6,9-10,12H2,1-2H3,(H,17,20). The fraction of sp³-hybridized carbons (Fsp3) is 0.625. The number of aromatic nitrogens is 1. The Morgan fingerprint density at radius 1 is 1.50 bits per heavy atom. The van der Waals surface area contributed by atoms with Crippen LogP contribution in [-0.4, -0.2) is 30.5 Å². The first kappa shape index (κ1) is 14.8. The SMILES string of the molecule is CCCCNC(=O)c1ccc(N2CCCC(C)C2)cn1. The van der Waals surface area contributed by atoms with Gasteiger partial charge in [-0.15, -0.1) is 0 Å². The molecule has 0 aliphatic carbocycles. The van der Waals surface area contributed by atoms with E-state index in [4.69, 9.17) is 0 Å². The third-order valence-corrected chi connectivity index (χ3v) is 3.82. The van der Waals surface area contributed by atoms with E-state index in [-0.39, 0.29) is 5.91 Å². The molecular weight excluding hydrogens is 250 g/mol. The van der Waals surface area contributed by atoms with E-state index in [1.54, 1.807) is 0 Å². The Bertz CT molecular complexity index is 430. The summed E-state index contributed by atoms with van der Waals surface area (Å²) in [6.45, 7) is 7.30. The van der Waals surface area contributed by atoms with Crippen LogP contribution in [-0.2, 0) is 0 Å². The summed E-state index contributed by atoms with van der Waals surface area (Å²) in [5, 5.41) is 2.89. The highest BCUT2D eigenvalue weighted by Crippen LogP contribution is 2.22. The predicted octanol–water partition coefficient (Wildman–Crippen LogP) is 2.85. The second-order valence-corrected chi connectivity index (χ2v) is 5.70. The van der Waals surface area contributed by atoms with Crippen molar-refractivity contribution >= 4 is 11.6 Å². The molecule has 0 spiro atoms. The fourth-order valence-corrected chi connectivity index (χ4v) is 2.60. The quantitative estimate of drug-likeness (QED) is 0.840. The molecule has 4 heteroatoms. The van der Waals surface area contributed by atoms with E-state index in [9.17, 15) is 4.79 Å². The van der Waals surface area contributed by atoms with E-state index >= 15 is 0 Å². The number of carbonyl (C=O) groups is 1. The van der Waals surface area contributed by atoms with Crippen molar-refractivity contribution in [2.45, 2.75) is 39.5 Å². The van der Waals surface area contributed by atoms with E-state index in [1.165, 1.54) is 12.8 Å². The lowest BCUT2D eigenvalue weighted by atomic mass is 10.00. The zero-order valence-corrected chi connectivity index (χ0v) is 12.6. The first-order chi connectivity index (χ1) is 9.70. The number of nitrogens with zero attached hydrogens (tertiary/aromatic N) is 2. The zero-order valence-electron chi connectivity index (χ0n) is 12.6. The third-order valence-electron chi connectivity index (χ3n) is 3.82. The van der Waals surface area contributed by atoms with Gasteiger partial charge in [-0.05, 0) is 37.3 Å². The molecule has 1 atom stereocenters. The first-order valence-electron chi connectivity index (χ1n) is 7.70. The molecule has 0 bridgehead atoms. The maximum Gasteiger partial charge on any atom is 0.269 e. The van der Waals surface area contributed by atoms with Gasteiger partial charge in [0.2, 0.25) is 0 Å². The van der Waals surface area contributed by atoms with Crippen LogP contribution in [0.3, 0.4) is 0 Å². The Hall–Kier alpha value is -1.58. The van der Waals surface area contributed by atoms with Crippen molar-refractivity contribution in [3.8, 4) is 0 Å².